The van der Waals surface area contributed by atoms with E-state index in [-0.39, 0.29) is 23.0 Å². The van der Waals surface area contributed by atoms with E-state index in [0.29, 0.717) is 18.9 Å². The van der Waals surface area contributed by atoms with E-state index in [0.717, 1.165) is 27.6 Å². The summed E-state index contributed by atoms with van der Waals surface area (Å²) < 4.78 is 35.0. The first-order valence-corrected chi connectivity index (χ1v) is 16.4. The van der Waals surface area contributed by atoms with Gasteiger partial charge in [-0.15, -0.1) is 11.8 Å². The van der Waals surface area contributed by atoms with Gasteiger partial charge in [0, 0.05) is 18.0 Å². The first-order valence-electron chi connectivity index (χ1n) is 13.7. The number of thioether (sulfide) groups is 1. The van der Waals surface area contributed by atoms with Gasteiger partial charge in [-0.3, -0.25) is 13.9 Å². The van der Waals surface area contributed by atoms with Crippen molar-refractivity contribution in [3.63, 3.8) is 0 Å². The molecule has 220 valence electrons. The van der Waals surface area contributed by atoms with Crippen molar-refractivity contribution in [2.24, 2.45) is 0 Å². The molecule has 0 aliphatic heterocycles. The van der Waals surface area contributed by atoms with Gasteiger partial charge in [-0.1, -0.05) is 55.8 Å². The Hall–Kier alpha value is -3.50. The number of nitrogens with zero attached hydrogens (tertiary/aromatic N) is 2. The van der Waals surface area contributed by atoms with E-state index >= 15 is 0 Å². The molecule has 3 rings (SSSR count). The molecule has 41 heavy (non-hydrogen) atoms. The summed E-state index contributed by atoms with van der Waals surface area (Å²) in [5.74, 6) is -0.464. The minimum absolute atomic E-state index is 0.0503. The number of hydrogen-bond acceptors (Lipinski definition) is 6. The van der Waals surface area contributed by atoms with Crippen LogP contribution < -0.4 is 14.4 Å². The number of hydrogen-bond donors (Lipinski definition) is 1. The van der Waals surface area contributed by atoms with Crippen molar-refractivity contribution >= 4 is 39.3 Å². The minimum Gasteiger partial charge on any atom is -0.492 e. The summed E-state index contributed by atoms with van der Waals surface area (Å²) in [5.41, 5.74) is 1.07. The van der Waals surface area contributed by atoms with Gasteiger partial charge in [0.05, 0.1) is 17.2 Å². The number of para-hydroxylation sites is 2. The maximum atomic E-state index is 14.1. The Labute approximate surface area is 248 Å². The molecule has 10 heteroatoms. The summed E-state index contributed by atoms with van der Waals surface area (Å²) in [4.78, 5) is 29.5. The topological polar surface area (TPSA) is 96.0 Å². The highest BCUT2D eigenvalue weighted by atomic mass is 32.2. The molecule has 0 radical (unpaired) electrons. The van der Waals surface area contributed by atoms with E-state index in [1.807, 2.05) is 50.4 Å². The van der Waals surface area contributed by atoms with Crippen LogP contribution in [0.2, 0.25) is 0 Å². The second-order valence-corrected chi connectivity index (χ2v) is 12.2. The molecule has 0 saturated heterocycles. The molecular formula is C31H39N3O5S2. The summed E-state index contributed by atoms with van der Waals surface area (Å²) in [7, 11) is -4.19. The van der Waals surface area contributed by atoms with Crippen LogP contribution in [0.3, 0.4) is 0 Å². The molecular weight excluding hydrogens is 558 g/mol. The molecule has 0 aromatic heterocycles. The number of ether oxygens (including phenoxy) is 1. The van der Waals surface area contributed by atoms with Gasteiger partial charge in [-0.05, 0) is 68.5 Å². The molecule has 0 aliphatic carbocycles. The highest BCUT2D eigenvalue weighted by molar-refractivity contribution is 7.98. The molecule has 1 atom stereocenters. The fourth-order valence-electron chi connectivity index (χ4n) is 4.23. The Kier molecular flexibility index (Phi) is 12.1. The largest absolute Gasteiger partial charge is 0.492 e. The lowest BCUT2D eigenvalue weighted by Gasteiger charge is -2.32. The third-order valence-corrected chi connectivity index (χ3v) is 9.07. The van der Waals surface area contributed by atoms with Crippen molar-refractivity contribution in [3.8, 4) is 5.75 Å². The number of rotatable bonds is 15. The molecule has 2 amide bonds. The lowest BCUT2D eigenvalue weighted by molar-refractivity contribution is -0.139. The van der Waals surface area contributed by atoms with Gasteiger partial charge in [-0.25, -0.2) is 8.42 Å². The molecule has 0 spiro atoms. The SMILES string of the molecule is CCCCNC(=O)[C@@H](C)N(Cc1ccccc1)C(=O)CN(c1ccccc1OCC)S(=O)(=O)c1ccc(SC)cc1. The van der Waals surface area contributed by atoms with Crippen LogP contribution in [0.5, 0.6) is 5.75 Å². The van der Waals surface area contributed by atoms with Crippen LogP contribution in [-0.2, 0) is 26.2 Å². The van der Waals surface area contributed by atoms with Crippen molar-refractivity contribution in [3.05, 3.63) is 84.4 Å². The van der Waals surface area contributed by atoms with Crippen LogP contribution in [0, 0.1) is 0 Å². The lowest BCUT2D eigenvalue weighted by Crippen LogP contribution is -2.51. The molecule has 3 aromatic carbocycles. The van der Waals surface area contributed by atoms with Crippen LogP contribution in [-0.4, -0.2) is 57.1 Å². The highest BCUT2D eigenvalue weighted by Gasteiger charge is 2.33. The van der Waals surface area contributed by atoms with Crippen molar-refractivity contribution in [2.45, 2.75) is 56.0 Å². The number of sulfonamides is 1. The van der Waals surface area contributed by atoms with Gasteiger partial charge in [0.1, 0.15) is 18.3 Å². The number of carbonyl (C=O) groups is 2. The molecule has 0 heterocycles. The Balaban J connectivity index is 2.04. The maximum absolute atomic E-state index is 14.1. The van der Waals surface area contributed by atoms with E-state index in [1.165, 1.54) is 28.8 Å². The van der Waals surface area contributed by atoms with Crippen molar-refractivity contribution in [1.29, 1.82) is 0 Å². The number of nitrogens with one attached hydrogen (secondary N) is 1. The van der Waals surface area contributed by atoms with Gasteiger partial charge in [0.2, 0.25) is 11.8 Å². The van der Waals surface area contributed by atoms with Gasteiger partial charge in [0.25, 0.3) is 10.0 Å². The number of carbonyl (C=O) groups excluding carboxylic acids is 2. The van der Waals surface area contributed by atoms with E-state index in [2.05, 4.69) is 5.32 Å². The zero-order valence-electron chi connectivity index (χ0n) is 24.1. The zero-order valence-corrected chi connectivity index (χ0v) is 25.7. The zero-order chi connectivity index (χ0) is 29.8. The molecule has 1 N–H and O–H groups in total. The quantitative estimate of drug-likeness (QED) is 0.188. The maximum Gasteiger partial charge on any atom is 0.264 e. The third-order valence-electron chi connectivity index (χ3n) is 6.55. The van der Waals surface area contributed by atoms with Crippen molar-refractivity contribution in [2.75, 3.05) is 30.3 Å². The fraction of sp³-hybridized carbons (Fsp3) is 0.355. The van der Waals surface area contributed by atoms with Crippen molar-refractivity contribution in [1.82, 2.24) is 10.2 Å². The third kappa shape index (κ3) is 8.50. The summed E-state index contributed by atoms with van der Waals surface area (Å²) in [6.07, 6.45) is 3.65. The van der Waals surface area contributed by atoms with Crippen LogP contribution in [0.1, 0.15) is 39.2 Å². The Morgan fingerprint density at radius 1 is 0.951 bits per heavy atom. The molecule has 0 fully saturated rings. The molecule has 0 bridgehead atoms. The average Bonchev–Trinajstić information content (AvgIpc) is 2.99. The van der Waals surface area contributed by atoms with Crippen LogP contribution in [0.15, 0.2) is 88.7 Å². The average molecular weight is 598 g/mol. The number of anilines is 1. The van der Waals surface area contributed by atoms with Gasteiger partial charge in [0.15, 0.2) is 0 Å². The van der Waals surface area contributed by atoms with E-state index in [4.69, 9.17) is 4.74 Å². The molecule has 3 aromatic rings. The monoisotopic (exact) mass is 597 g/mol. The highest BCUT2D eigenvalue weighted by Crippen LogP contribution is 2.33. The predicted octanol–water partition coefficient (Wildman–Crippen LogP) is 5.34. The second kappa shape index (κ2) is 15.5. The molecule has 8 nitrogen and oxygen atoms in total. The van der Waals surface area contributed by atoms with Gasteiger partial charge < -0.3 is 15.0 Å². The normalized spacial score (nSPS) is 11.9. The molecule has 0 unspecified atom stereocenters. The van der Waals surface area contributed by atoms with Crippen LogP contribution in [0.25, 0.3) is 0 Å². The van der Waals surface area contributed by atoms with Crippen LogP contribution >= 0.6 is 11.8 Å². The van der Waals surface area contributed by atoms with E-state index in [1.54, 1.807) is 43.3 Å². The second-order valence-electron chi connectivity index (χ2n) is 9.42. The number of amides is 2. The van der Waals surface area contributed by atoms with Gasteiger partial charge in [-0.2, -0.15) is 0 Å². The number of unbranched alkanes of at least 4 members (excludes halogenated alkanes) is 1. The molecule has 0 saturated carbocycles. The fourth-order valence-corrected chi connectivity index (χ4v) is 6.06. The Morgan fingerprint density at radius 3 is 2.24 bits per heavy atom. The Morgan fingerprint density at radius 2 is 1.61 bits per heavy atom. The summed E-state index contributed by atoms with van der Waals surface area (Å²) >= 11 is 1.50. The lowest BCUT2D eigenvalue weighted by atomic mass is 10.1. The standard InChI is InChI=1S/C31H39N3O5S2/c1-5-7-21-32-31(36)24(3)33(22-25-13-9-8-10-14-25)30(35)23-34(28-15-11-12-16-29(28)39-6-2)41(37,38)27-19-17-26(40-4)18-20-27/h8-20,24H,5-7,21-23H2,1-4H3,(H,32,36)/t24-/m1/s1. The predicted molar refractivity (Wildman–Crippen MR) is 165 cm³/mol. The summed E-state index contributed by atoms with van der Waals surface area (Å²) in [6.45, 7) is 5.95. The Bertz CT molecular complexity index is 1380. The minimum atomic E-state index is -4.19. The summed E-state index contributed by atoms with van der Waals surface area (Å²) in [6, 6.07) is 21.8. The summed E-state index contributed by atoms with van der Waals surface area (Å²) in [5, 5.41) is 2.90. The van der Waals surface area contributed by atoms with Crippen LogP contribution in [0.4, 0.5) is 5.69 Å². The number of benzene rings is 3. The van der Waals surface area contributed by atoms with E-state index in [9.17, 15) is 18.0 Å². The van der Waals surface area contributed by atoms with Gasteiger partial charge >= 0.3 is 0 Å². The first kappa shape index (κ1) is 32.0. The molecule has 0 aliphatic rings. The first-order chi connectivity index (χ1) is 19.7. The van der Waals surface area contributed by atoms with E-state index < -0.39 is 28.5 Å². The smallest absolute Gasteiger partial charge is 0.264 e. The van der Waals surface area contributed by atoms with Crippen molar-refractivity contribution < 1.29 is 22.7 Å².